The molecular weight excluding hydrogens is 514 g/mol. The van der Waals surface area contributed by atoms with Crippen LogP contribution in [0.1, 0.15) is 53.2 Å². The molecule has 2 heterocycles. The SMILES string of the molecule is C=C(CNC(=O)c1cccc(C(F)(F)F)c1)NC1CN([C@H]2CC[C@@H](n3cc(C(F)(F)F)ccc3=O)CC2)C1. The van der Waals surface area contributed by atoms with E-state index in [1.54, 1.807) is 0 Å². The number of nitrogens with zero attached hydrogens (tertiary/aromatic N) is 2. The fourth-order valence-electron chi connectivity index (χ4n) is 5.03. The average molecular weight is 543 g/mol. The second kappa shape index (κ2) is 10.8. The number of likely N-dealkylation sites (tertiary alicyclic amines) is 1. The standard InChI is InChI=1S/C26H28F6N4O2/c1-16(12-33-24(38)17-3-2-4-18(11-17)25(27,28)29)34-20-14-35(15-20)21-6-8-22(9-7-21)36-13-19(26(30,31)32)5-10-23(36)37/h2-5,10-11,13,20-22,34H,1,6-9,12,14-15H2,(H,33,38)/t21-,22+. The quantitative estimate of drug-likeness (QED) is 0.503. The summed E-state index contributed by atoms with van der Waals surface area (Å²) >= 11 is 0. The third-order valence-electron chi connectivity index (χ3n) is 7.07. The van der Waals surface area contributed by atoms with Crippen LogP contribution in [-0.2, 0) is 12.4 Å². The normalized spacial score (nSPS) is 21.0. The second-order valence-corrected chi connectivity index (χ2v) is 9.78. The van der Waals surface area contributed by atoms with Crippen LogP contribution in [0.5, 0.6) is 0 Å². The molecule has 1 saturated carbocycles. The summed E-state index contributed by atoms with van der Waals surface area (Å²) in [5.74, 6) is -0.633. The summed E-state index contributed by atoms with van der Waals surface area (Å²) in [5.41, 5.74) is -1.73. The van der Waals surface area contributed by atoms with E-state index in [-0.39, 0.29) is 30.2 Å². The van der Waals surface area contributed by atoms with Crippen LogP contribution in [0.15, 0.2) is 59.7 Å². The van der Waals surface area contributed by atoms with Crippen LogP contribution in [0.2, 0.25) is 0 Å². The van der Waals surface area contributed by atoms with E-state index in [0.29, 0.717) is 18.5 Å². The van der Waals surface area contributed by atoms with E-state index in [1.165, 1.54) is 16.7 Å². The fraction of sp³-hybridized carbons (Fsp3) is 0.462. The van der Waals surface area contributed by atoms with Gasteiger partial charge in [0.15, 0.2) is 0 Å². The van der Waals surface area contributed by atoms with Crippen LogP contribution in [-0.4, -0.2) is 47.1 Å². The van der Waals surface area contributed by atoms with E-state index in [4.69, 9.17) is 0 Å². The van der Waals surface area contributed by atoms with Gasteiger partial charge < -0.3 is 15.2 Å². The van der Waals surface area contributed by atoms with Gasteiger partial charge in [0.25, 0.3) is 11.5 Å². The van der Waals surface area contributed by atoms with Gasteiger partial charge in [0.1, 0.15) is 0 Å². The zero-order chi connectivity index (χ0) is 27.7. The summed E-state index contributed by atoms with van der Waals surface area (Å²) in [6, 6.07) is 6.05. The highest BCUT2D eigenvalue weighted by Gasteiger charge is 2.36. The summed E-state index contributed by atoms with van der Waals surface area (Å²) in [6.07, 6.45) is -5.40. The van der Waals surface area contributed by atoms with Gasteiger partial charge >= 0.3 is 12.4 Å². The first-order valence-electron chi connectivity index (χ1n) is 12.2. The zero-order valence-corrected chi connectivity index (χ0v) is 20.4. The highest BCUT2D eigenvalue weighted by molar-refractivity contribution is 5.94. The molecular formula is C26H28F6N4O2. The number of amides is 1. The van der Waals surface area contributed by atoms with Crippen molar-refractivity contribution in [3.8, 4) is 0 Å². The maximum Gasteiger partial charge on any atom is 0.417 e. The van der Waals surface area contributed by atoms with E-state index in [0.717, 1.165) is 56.4 Å². The minimum atomic E-state index is -4.53. The Balaban J connectivity index is 1.19. The van der Waals surface area contributed by atoms with Gasteiger partial charge in [0.2, 0.25) is 0 Å². The molecule has 1 amide bonds. The van der Waals surface area contributed by atoms with Crippen molar-refractivity contribution in [2.75, 3.05) is 19.6 Å². The highest BCUT2D eigenvalue weighted by Crippen LogP contribution is 2.34. The Morgan fingerprint density at radius 3 is 2.18 bits per heavy atom. The summed E-state index contributed by atoms with van der Waals surface area (Å²) < 4.78 is 78.9. The first-order valence-corrected chi connectivity index (χ1v) is 12.2. The maximum absolute atomic E-state index is 13.0. The summed E-state index contributed by atoms with van der Waals surface area (Å²) in [6.45, 7) is 5.38. The van der Waals surface area contributed by atoms with E-state index in [2.05, 4.69) is 22.1 Å². The Hall–Kier alpha value is -3.28. The molecule has 2 aromatic rings. The Bertz CT molecular complexity index is 1230. The highest BCUT2D eigenvalue weighted by atomic mass is 19.4. The third-order valence-corrected chi connectivity index (χ3v) is 7.07. The molecule has 4 rings (SSSR count). The number of rotatable bonds is 7. The number of benzene rings is 1. The minimum Gasteiger partial charge on any atom is -0.382 e. The van der Waals surface area contributed by atoms with Crippen molar-refractivity contribution in [3.63, 3.8) is 0 Å². The molecule has 1 saturated heterocycles. The van der Waals surface area contributed by atoms with Crippen molar-refractivity contribution >= 4 is 5.91 Å². The molecule has 6 nitrogen and oxygen atoms in total. The van der Waals surface area contributed by atoms with Gasteiger partial charge in [-0.3, -0.25) is 14.5 Å². The molecule has 1 aromatic carbocycles. The molecule has 0 atom stereocenters. The molecule has 0 bridgehead atoms. The molecule has 38 heavy (non-hydrogen) atoms. The van der Waals surface area contributed by atoms with Gasteiger partial charge in [0.05, 0.1) is 23.7 Å². The van der Waals surface area contributed by atoms with Crippen molar-refractivity contribution in [1.82, 2.24) is 20.1 Å². The van der Waals surface area contributed by atoms with E-state index in [9.17, 15) is 35.9 Å². The Kier molecular flexibility index (Phi) is 7.91. The predicted octanol–water partition coefficient (Wildman–Crippen LogP) is 4.59. The lowest BCUT2D eigenvalue weighted by Crippen LogP contribution is -2.61. The number of carbonyl (C=O) groups is 1. The van der Waals surface area contributed by atoms with Crippen LogP contribution < -0.4 is 16.2 Å². The first kappa shape index (κ1) is 27.7. The smallest absolute Gasteiger partial charge is 0.382 e. The number of nitrogens with one attached hydrogen (secondary N) is 2. The number of alkyl halides is 6. The molecule has 0 radical (unpaired) electrons. The fourth-order valence-corrected chi connectivity index (χ4v) is 5.03. The van der Waals surface area contributed by atoms with Gasteiger partial charge in [-0.1, -0.05) is 12.6 Å². The van der Waals surface area contributed by atoms with Crippen molar-refractivity contribution in [3.05, 3.63) is 81.9 Å². The lowest BCUT2D eigenvalue weighted by Gasteiger charge is -2.47. The molecule has 2 aliphatic rings. The number of aromatic nitrogens is 1. The molecule has 1 aliphatic heterocycles. The number of pyridine rings is 1. The largest absolute Gasteiger partial charge is 0.417 e. The van der Waals surface area contributed by atoms with Gasteiger partial charge in [-0.2, -0.15) is 26.3 Å². The molecule has 0 unspecified atom stereocenters. The van der Waals surface area contributed by atoms with Crippen molar-refractivity contribution in [1.29, 1.82) is 0 Å². The second-order valence-electron chi connectivity index (χ2n) is 9.78. The Morgan fingerprint density at radius 1 is 0.921 bits per heavy atom. The van der Waals surface area contributed by atoms with Gasteiger partial charge in [-0.25, -0.2) is 0 Å². The number of halogens is 6. The molecule has 2 fully saturated rings. The predicted molar refractivity (Wildman–Crippen MR) is 128 cm³/mol. The lowest BCUT2D eigenvalue weighted by molar-refractivity contribution is -0.138. The summed E-state index contributed by atoms with van der Waals surface area (Å²) in [4.78, 5) is 26.7. The maximum atomic E-state index is 13.0. The van der Waals surface area contributed by atoms with Crippen LogP contribution >= 0.6 is 0 Å². The van der Waals surface area contributed by atoms with E-state index < -0.39 is 34.9 Å². The van der Waals surface area contributed by atoms with E-state index >= 15 is 0 Å². The van der Waals surface area contributed by atoms with Crippen molar-refractivity contribution in [2.45, 2.75) is 56.2 Å². The van der Waals surface area contributed by atoms with Crippen molar-refractivity contribution in [2.24, 2.45) is 0 Å². The lowest BCUT2D eigenvalue weighted by atomic mass is 9.87. The topological polar surface area (TPSA) is 66.4 Å². The molecule has 2 N–H and O–H groups in total. The monoisotopic (exact) mass is 542 g/mol. The first-order chi connectivity index (χ1) is 17.8. The van der Waals surface area contributed by atoms with Crippen LogP contribution in [0.25, 0.3) is 0 Å². The Morgan fingerprint density at radius 2 is 1.55 bits per heavy atom. The van der Waals surface area contributed by atoms with Gasteiger partial charge in [-0.05, 0) is 49.9 Å². The molecule has 206 valence electrons. The Labute approximate surface area is 215 Å². The average Bonchev–Trinajstić information content (AvgIpc) is 2.84. The zero-order valence-electron chi connectivity index (χ0n) is 20.4. The summed E-state index contributed by atoms with van der Waals surface area (Å²) in [5, 5.41) is 5.77. The molecule has 0 spiro atoms. The van der Waals surface area contributed by atoms with E-state index in [1.807, 2.05) is 0 Å². The molecule has 12 heteroatoms. The van der Waals surface area contributed by atoms with Gasteiger partial charge in [0, 0.05) is 48.7 Å². The summed E-state index contributed by atoms with van der Waals surface area (Å²) in [7, 11) is 0. The molecule has 1 aliphatic carbocycles. The number of carbonyl (C=O) groups excluding carboxylic acids is 1. The van der Waals surface area contributed by atoms with Crippen LogP contribution in [0, 0.1) is 0 Å². The third kappa shape index (κ3) is 6.58. The van der Waals surface area contributed by atoms with Crippen LogP contribution in [0.3, 0.4) is 0 Å². The van der Waals surface area contributed by atoms with Crippen LogP contribution in [0.4, 0.5) is 26.3 Å². The number of hydrogen-bond donors (Lipinski definition) is 2. The van der Waals surface area contributed by atoms with Crippen molar-refractivity contribution < 1.29 is 31.1 Å². The minimum absolute atomic E-state index is 0.0580. The molecule has 1 aromatic heterocycles. The number of hydrogen-bond acceptors (Lipinski definition) is 4. The van der Waals surface area contributed by atoms with Gasteiger partial charge in [-0.15, -0.1) is 0 Å².